The third-order valence-corrected chi connectivity index (χ3v) is 4.02. The number of hydrogen-bond donors (Lipinski definition) is 0. The van der Waals surface area contributed by atoms with Gasteiger partial charge in [0.25, 0.3) is 0 Å². The van der Waals surface area contributed by atoms with Gasteiger partial charge in [-0.25, -0.2) is 0 Å². The second kappa shape index (κ2) is 7.36. The molecule has 0 saturated heterocycles. The van der Waals surface area contributed by atoms with E-state index in [2.05, 4.69) is 0 Å². The number of benzene rings is 2. The molecular formula is C16H15ClO2S. The Hall–Kier alpha value is -1.45. The van der Waals surface area contributed by atoms with Crippen molar-refractivity contribution in [1.29, 1.82) is 0 Å². The van der Waals surface area contributed by atoms with Crippen LogP contribution in [0, 0.1) is 0 Å². The van der Waals surface area contributed by atoms with Crippen molar-refractivity contribution in [2.75, 3.05) is 5.75 Å². The Bertz CT molecular complexity index is 554. The minimum absolute atomic E-state index is 0.269. The van der Waals surface area contributed by atoms with Crippen LogP contribution in [0.25, 0.3) is 0 Å². The molecule has 0 aliphatic heterocycles. The van der Waals surface area contributed by atoms with Crippen LogP contribution < -0.4 is 0 Å². The van der Waals surface area contributed by atoms with Gasteiger partial charge in [0.15, 0.2) is 0 Å². The highest BCUT2D eigenvalue weighted by Crippen LogP contribution is 2.28. The largest absolute Gasteiger partial charge is 0.457 e. The van der Waals surface area contributed by atoms with Gasteiger partial charge in [-0.15, -0.1) is 11.8 Å². The molecule has 2 aromatic rings. The van der Waals surface area contributed by atoms with Gasteiger partial charge in [-0.05, 0) is 29.8 Å². The van der Waals surface area contributed by atoms with E-state index in [1.165, 1.54) is 6.92 Å². The number of ether oxygens (including phenoxy) is 1. The molecule has 20 heavy (non-hydrogen) atoms. The number of carbonyl (C=O) groups is 1. The topological polar surface area (TPSA) is 26.3 Å². The summed E-state index contributed by atoms with van der Waals surface area (Å²) >= 11 is 7.54. The molecule has 0 spiro atoms. The summed E-state index contributed by atoms with van der Waals surface area (Å²) in [5, 5.41) is 0.672. The van der Waals surface area contributed by atoms with Gasteiger partial charge in [0, 0.05) is 22.6 Å². The van der Waals surface area contributed by atoms with Gasteiger partial charge < -0.3 is 4.74 Å². The first-order valence-electron chi connectivity index (χ1n) is 6.25. The van der Waals surface area contributed by atoms with E-state index in [4.69, 9.17) is 16.3 Å². The molecule has 0 aliphatic carbocycles. The zero-order valence-electron chi connectivity index (χ0n) is 11.1. The molecule has 1 atom stereocenters. The highest BCUT2D eigenvalue weighted by molar-refractivity contribution is 7.99. The van der Waals surface area contributed by atoms with E-state index in [1.807, 2.05) is 42.5 Å². The molecule has 2 aromatic carbocycles. The van der Waals surface area contributed by atoms with Crippen LogP contribution in [0.15, 0.2) is 59.5 Å². The number of thioether (sulfide) groups is 1. The Morgan fingerprint density at radius 3 is 2.40 bits per heavy atom. The normalized spacial score (nSPS) is 11.9. The van der Waals surface area contributed by atoms with Crippen LogP contribution in [0.4, 0.5) is 0 Å². The third-order valence-electron chi connectivity index (χ3n) is 2.69. The fraction of sp³-hybridized carbons (Fsp3) is 0.188. The zero-order chi connectivity index (χ0) is 14.4. The molecule has 1 unspecified atom stereocenters. The van der Waals surface area contributed by atoms with E-state index in [1.54, 1.807) is 23.9 Å². The summed E-state index contributed by atoms with van der Waals surface area (Å²) in [7, 11) is 0. The monoisotopic (exact) mass is 306 g/mol. The van der Waals surface area contributed by atoms with Crippen molar-refractivity contribution in [3.63, 3.8) is 0 Å². The maximum Gasteiger partial charge on any atom is 0.303 e. The van der Waals surface area contributed by atoms with E-state index in [9.17, 15) is 4.79 Å². The van der Waals surface area contributed by atoms with Crippen LogP contribution in [0.2, 0.25) is 5.02 Å². The van der Waals surface area contributed by atoms with Gasteiger partial charge in [0.1, 0.15) is 6.10 Å². The van der Waals surface area contributed by atoms with Crippen molar-refractivity contribution in [3.8, 4) is 0 Å². The summed E-state index contributed by atoms with van der Waals surface area (Å²) in [5.74, 6) is 0.393. The van der Waals surface area contributed by atoms with Crippen molar-refractivity contribution in [3.05, 3.63) is 65.2 Å². The van der Waals surface area contributed by atoms with Crippen LogP contribution in [-0.2, 0) is 9.53 Å². The second-order valence-corrected chi connectivity index (χ2v) is 5.80. The van der Waals surface area contributed by atoms with Crippen molar-refractivity contribution < 1.29 is 9.53 Å². The SMILES string of the molecule is CC(=O)OC(CSc1ccccc1)c1ccc(Cl)cc1. The third kappa shape index (κ3) is 4.58. The summed E-state index contributed by atoms with van der Waals surface area (Å²) in [5.41, 5.74) is 0.952. The molecule has 2 nitrogen and oxygen atoms in total. The minimum atomic E-state index is -0.279. The summed E-state index contributed by atoms with van der Waals surface area (Å²) in [4.78, 5) is 12.4. The van der Waals surface area contributed by atoms with Crippen LogP contribution in [0.1, 0.15) is 18.6 Å². The van der Waals surface area contributed by atoms with Gasteiger partial charge in [-0.2, -0.15) is 0 Å². The lowest BCUT2D eigenvalue weighted by Gasteiger charge is -2.17. The van der Waals surface area contributed by atoms with E-state index < -0.39 is 0 Å². The predicted molar refractivity (Wildman–Crippen MR) is 83.1 cm³/mol. The molecule has 0 radical (unpaired) electrons. The van der Waals surface area contributed by atoms with Gasteiger partial charge in [0.2, 0.25) is 0 Å². The Morgan fingerprint density at radius 1 is 1.15 bits per heavy atom. The Balaban J connectivity index is 2.07. The highest BCUT2D eigenvalue weighted by Gasteiger charge is 2.15. The lowest BCUT2D eigenvalue weighted by Crippen LogP contribution is -2.10. The average Bonchev–Trinajstić information content (AvgIpc) is 2.45. The number of rotatable bonds is 5. The Kier molecular flexibility index (Phi) is 5.50. The smallest absolute Gasteiger partial charge is 0.303 e. The quantitative estimate of drug-likeness (QED) is 0.590. The molecule has 0 N–H and O–H groups in total. The molecule has 0 fully saturated rings. The van der Waals surface area contributed by atoms with E-state index in [0.29, 0.717) is 10.8 Å². The fourth-order valence-corrected chi connectivity index (χ4v) is 2.84. The molecule has 104 valence electrons. The Morgan fingerprint density at radius 2 is 1.80 bits per heavy atom. The van der Waals surface area contributed by atoms with Crippen LogP contribution in [0.5, 0.6) is 0 Å². The van der Waals surface area contributed by atoms with E-state index in [-0.39, 0.29) is 12.1 Å². The van der Waals surface area contributed by atoms with Crippen molar-refractivity contribution in [1.82, 2.24) is 0 Å². The van der Waals surface area contributed by atoms with E-state index >= 15 is 0 Å². The van der Waals surface area contributed by atoms with Gasteiger partial charge in [-0.1, -0.05) is 41.9 Å². The molecule has 0 heterocycles. The lowest BCUT2D eigenvalue weighted by atomic mass is 10.1. The average molecular weight is 307 g/mol. The first kappa shape index (κ1) is 14.9. The fourth-order valence-electron chi connectivity index (χ4n) is 1.76. The number of hydrogen-bond acceptors (Lipinski definition) is 3. The molecular weight excluding hydrogens is 292 g/mol. The summed E-state index contributed by atoms with van der Waals surface area (Å²) < 4.78 is 5.40. The Labute approximate surface area is 128 Å². The maximum absolute atomic E-state index is 11.2. The van der Waals surface area contributed by atoms with Crippen LogP contribution >= 0.6 is 23.4 Å². The van der Waals surface area contributed by atoms with E-state index in [0.717, 1.165) is 10.5 Å². The molecule has 0 saturated carbocycles. The summed E-state index contributed by atoms with van der Waals surface area (Å²) in [6, 6.07) is 17.4. The van der Waals surface area contributed by atoms with Gasteiger partial charge >= 0.3 is 5.97 Å². The second-order valence-electron chi connectivity index (χ2n) is 4.27. The standard InChI is InChI=1S/C16H15ClO2S/c1-12(18)19-16(13-7-9-14(17)10-8-13)11-20-15-5-3-2-4-6-15/h2-10,16H,11H2,1H3. The van der Waals surface area contributed by atoms with Crippen LogP contribution in [0.3, 0.4) is 0 Å². The van der Waals surface area contributed by atoms with Crippen molar-refractivity contribution in [2.24, 2.45) is 0 Å². The zero-order valence-corrected chi connectivity index (χ0v) is 12.7. The van der Waals surface area contributed by atoms with Gasteiger partial charge in [-0.3, -0.25) is 4.79 Å². The molecule has 4 heteroatoms. The summed E-state index contributed by atoms with van der Waals surface area (Å²) in [6.07, 6.45) is -0.269. The molecule has 0 aromatic heterocycles. The number of halogens is 1. The summed E-state index contributed by atoms with van der Waals surface area (Å²) in [6.45, 7) is 1.43. The first-order chi connectivity index (χ1) is 9.65. The number of esters is 1. The first-order valence-corrected chi connectivity index (χ1v) is 7.62. The van der Waals surface area contributed by atoms with Gasteiger partial charge in [0.05, 0.1) is 0 Å². The molecule has 2 rings (SSSR count). The lowest BCUT2D eigenvalue weighted by molar-refractivity contribution is -0.145. The predicted octanol–water partition coefficient (Wildman–Crippen LogP) is 4.74. The molecule has 0 aliphatic rings. The van der Waals surface area contributed by atoms with Crippen LogP contribution in [-0.4, -0.2) is 11.7 Å². The molecule has 0 amide bonds. The maximum atomic E-state index is 11.2. The molecule has 0 bridgehead atoms. The van der Waals surface area contributed by atoms with Crippen molar-refractivity contribution >= 4 is 29.3 Å². The minimum Gasteiger partial charge on any atom is -0.457 e. The number of carbonyl (C=O) groups excluding carboxylic acids is 1. The highest BCUT2D eigenvalue weighted by atomic mass is 35.5. The van der Waals surface area contributed by atoms with Crippen molar-refractivity contribution in [2.45, 2.75) is 17.9 Å².